The van der Waals surface area contributed by atoms with Crippen LogP contribution in [0.25, 0.3) is 10.9 Å². The minimum atomic E-state index is -0.375. The molecule has 2 aliphatic rings. The molecule has 43 heavy (non-hydrogen) atoms. The van der Waals surface area contributed by atoms with Gasteiger partial charge in [-0.15, -0.1) is 5.10 Å². The maximum absolute atomic E-state index is 13.5. The molecular weight excluding hydrogens is 540 g/mol. The van der Waals surface area contributed by atoms with Gasteiger partial charge in [-0.05, 0) is 53.5 Å². The second-order valence-electron chi connectivity index (χ2n) is 12.6. The number of anilines is 1. The lowest BCUT2D eigenvalue weighted by atomic mass is 9.84. The quantitative estimate of drug-likeness (QED) is 0.317. The molecule has 6 rings (SSSR count). The number of carbonyl (C=O) groups excluding carboxylic acids is 2. The topological polar surface area (TPSA) is 141 Å². The molecule has 4 aromatic rings. The number of aromatic nitrogens is 4. The largest absolute Gasteiger partial charge is 0.383 e. The van der Waals surface area contributed by atoms with Crippen LogP contribution in [-0.2, 0) is 17.8 Å². The lowest BCUT2D eigenvalue weighted by Gasteiger charge is -2.22. The molecule has 0 spiro atoms. The number of rotatable bonds is 7. The van der Waals surface area contributed by atoms with Crippen molar-refractivity contribution >= 4 is 28.4 Å². The highest BCUT2D eigenvalue weighted by molar-refractivity contribution is 6.08. The van der Waals surface area contributed by atoms with E-state index in [1.807, 2.05) is 41.2 Å². The Hall–Kier alpha value is -5.09. The maximum atomic E-state index is 13.5. The molecule has 0 radical (unpaired) electrons. The zero-order chi connectivity index (χ0) is 30.5. The third-order valence-electron chi connectivity index (χ3n) is 8.04. The summed E-state index contributed by atoms with van der Waals surface area (Å²) in [5.41, 5.74) is 5.53. The van der Waals surface area contributed by atoms with Gasteiger partial charge in [0, 0.05) is 42.7 Å². The highest BCUT2D eigenvalue weighted by atomic mass is 16.2. The molecule has 2 aromatic heterocycles. The zero-order valence-corrected chi connectivity index (χ0v) is 24.7. The summed E-state index contributed by atoms with van der Waals surface area (Å²) in [6.07, 6.45) is 5.96. The molecule has 1 saturated carbocycles. The van der Waals surface area contributed by atoms with Crippen molar-refractivity contribution in [3.05, 3.63) is 81.8 Å². The van der Waals surface area contributed by atoms with E-state index in [1.165, 1.54) is 18.0 Å². The molecule has 0 unspecified atom stereocenters. The van der Waals surface area contributed by atoms with Gasteiger partial charge in [0.15, 0.2) is 0 Å². The van der Waals surface area contributed by atoms with Gasteiger partial charge in [-0.25, -0.2) is 4.68 Å². The fraction of sp³-hybridized carbons (Fsp3) is 0.364. The van der Waals surface area contributed by atoms with Crippen LogP contribution in [0, 0.1) is 28.1 Å². The smallest absolute Gasteiger partial charge is 0.261 e. The fourth-order valence-electron chi connectivity index (χ4n) is 5.71. The normalized spacial score (nSPS) is 15.2. The molecule has 216 valence electrons. The molecule has 3 heterocycles. The van der Waals surface area contributed by atoms with Gasteiger partial charge in [0.25, 0.3) is 5.91 Å². The third-order valence-corrected chi connectivity index (χ3v) is 8.04. The number of nitrogens with zero attached hydrogens (tertiary/aromatic N) is 7. The highest BCUT2D eigenvalue weighted by Crippen LogP contribution is 2.39. The predicted molar refractivity (Wildman–Crippen MR) is 160 cm³/mol. The Morgan fingerprint density at radius 3 is 2.60 bits per heavy atom. The van der Waals surface area contributed by atoms with Gasteiger partial charge in [0.2, 0.25) is 5.91 Å². The predicted octanol–water partition coefficient (Wildman–Crippen LogP) is 5.24. The molecule has 1 fully saturated rings. The van der Waals surface area contributed by atoms with Gasteiger partial charge in [0.05, 0.1) is 40.6 Å². The first-order valence-electron chi connectivity index (χ1n) is 14.4. The molecule has 1 aliphatic heterocycles. The summed E-state index contributed by atoms with van der Waals surface area (Å²) in [4.78, 5) is 31.5. The molecular formula is C33H32N8O2. The number of carbonyl (C=O) groups is 2. The summed E-state index contributed by atoms with van der Waals surface area (Å²) in [6, 6.07) is 14.4. The molecule has 1 N–H and O–H groups in total. The number of amides is 2. The van der Waals surface area contributed by atoms with Crippen LogP contribution < -0.4 is 5.32 Å². The number of pyridine rings is 1. The van der Waals surface area contributed by atoms with Crippen LogP contribution in [0.2, 0.25) is 0 Å². The SMILES string of the molecule is CC(=O)N1Cc2cccc([C@H](Cc3cc(C#N)c4ncc(C#N)c(NCC(C)(C)C)c4c3)c3cn(C4CC4)nn3)c2C1=O. The summed E-state index contributed by atoms with van der Waals surface area (Å²) in [5.74, 6) is -0.988. The van der Waals surface area contributed by atoms with Gasteiger partial charge in [-0.3, -0.25) is 19.5 Å². The molecule has 1 aliphatic carbocycles. The average molecular weight is 573 g/mol. The van der Waals surface area contributed by atoms with Crippen molar-refractivity contribution in [2.45, 2.75) is 65.5 Å². The summed E-state index contributed by atoms with van der Waals surface area (Å²) >= 11 is 0. The molecule has 10 nitrogen and oxygen atoms in total. The number of nitrogens with one attached hydrogen (secondary N) is 1. The Labute approximate surface area is 249 Å². The zero-order valence-electron chi connectivity index (χ0n) is 24.7. The minimum Gasteiger partial charge on any atom is -0.383 e. The van der Waals surface area contributed by atoms with Crippen LogP contribution in [0.4, 0.5) is 5.69 Å². The Balaban J connectivity index is 1.50. The average Bonchev–Trinajstić information content (AvgIpc) is 3.61. The van der Waals surface area contributed by atoms with Crippen LogP contribution >= 0.6 is 0 Å². The number of hydrogen-bond acceptors (Lipinski definition) is 8. The lowest BCUT2D eigenvalue weighted by Crippen LogP contribution is -2.29. The first-order chi connectivity index (χ1) is 20.6. The summed E-state index contributed by atoms with van der Waals surface area (Å²) in [6.45, 7) is 8.56. The molecule has 10 heteroatoms. The van der Waals surface area contributed by atoms with Crippen molar-refractivity contribution in [1.29, 1.82) is 10.5 Å². The van der Waals surface area contributed by atoms with Gasteiger partial charge >= 0.3 is 0 Å². The van der Waals surface area contributed by atoms with Crippen molar-refractivity contribution in [2.24, 2.45) is 5.41 Å². The van der Waals surface area contributed by atoms with Crippen molar-refractivity contribution in [1.82, 2.24) is 24.9 Å². The van der Waals surface area contributed by atoms with E-state index in [0.29, 0.717) is 58.0 Å². The van der Waals surface area contributed by atoms with E-state index in [-0.39, 0.29) is 29.7 Å². The molecule has 2 amide bonds. The second-order valence-corrected chi connectivity index (χ2v) is 12.6. The summed E-state index contributed by atoms with van der Waals surface area (Å²) in [7, 11) is 0. The molecule has 1 atom stereocenters. The first-order valence-corrected chi connectivity index (χ1v) is 14.4. The number of imide groups is 1. The number of hydrogen-bond donors (Lipinski definition) is 1. The van der Waals surface area contributed by atoms with Gasteiger partial charge < -0.3 is 5.32 Å². The van der Waals surface area contributed by atoms with E-state index in [9.17, 15) is 20.1 Å². The van der Waals surface area contributed by atoms with Crippen molar-refractivity contribution in [3.63, 3.8) is 0 Å². The summed E-state index contributed by atoms with van der Waals surface area (Å²) in [5, 5.41) is 33.1. The minimum absolute atomic E-state index is 0.0511. The second kappa shape index (κ2) is 10.6. The van der Waals surface area contributed by atoms with Crippen molar-refractivity contribution < 1.29 is 9.59 Å². The van der Waals surface area contributed by atoms with Crippen LogP contribution in [0.15, 0.2) is 42.7 Å². The Morgan fingerprint density at radius 2 is 1.93 bits per heavy atom. The standard InChI is InChI=1S/C33H32N8O2/c1-19(42)40-16-21-6-5-7-25(29(21)32(40)43)26(28-17-41(39-38-28)24-8-9-24)11-20-10-22(13-34)30-27(12-20)31(23(14-35)15-36-30)37-18-33(2,3)4/h5-7,10,12,15,17,24,26H,8-9,11,16,18H2,1-4H3,(H,36,37)/t26-/m0/s1. The van der Waals surface area contributed by atoms with E-state index in [2.05, 4.69) is 53.5 Å². The van der Waals surface area contributed by atoms with E-state index in [0.717, 1.165) is 29.5 Å². The van der Waals surface area contributed by atoms with Crippen LogP contribution in [-0.4, -0.2) is 43.2 Å². The van der Waals surface area contributed by atoms with Crippen molar-refractivity contribution in [3.8, 4) is 12.1 Å². The monoisotopic (exact) mass is 572 g/mol. The van der Waals surface area contributed by atoms with Crippen LogP contribution in [0.3, 0.4) is 0 Å². The van der Waals surface area contributed by atoms with E-state index in [1.54, 1.807) is 0 Å². The number of benzene rings is 2. The van der Waals surface area contributed by atoms with Crippen LogP contribution in [0.1, 0.15) is 96.4 Å². The fourth-order valence-corrected chi connectivity index (χ4v) is 5.71. The van der Waals surface area contributed by atoms with Gasteiger partial charge in [-0.1, -0.05) is 44.2 Å². The maximum Gasteiger partial charge on any atom is 0.261 e. The van der Waals surface area contributed by atoms with Crippen LogP contribution in [0.5, 0.6) is 0 Å². The van der Waals surface area contributed by atoms with E-state index >= 15 is 0 Å². The molecule has 0 bridgehead atoms. The van der Waals surface area contributed by atoms with Crippen molar-refractivity contribution in [2.75, 3.05) is 11.9 Å². The third kappa shape index (κ3) is 5.32. The van der Waals surface area contributed by atoms with Gasteiger partial charge in [0.1, 0.15) is 12.1 Å². The van der Waals surface area contributed by atoms with Gasteiger partial charge in [-0.2, -0.15) is 10.5 Å². The molecule has 0 saturated heterocycles. The number of fused-ring (bicyclic) bond motifs is 2. The number of nitriles is 2. The molecule has 2 aromatic carbocycles. The Kier molecular flexibility index (Phi) is 6.94. The van der Waals surface area contributed by atoms with E-state index < -0.39 is 0 Å². The summed E-state index contributed by atoms with van der Waals surface area (Å²) < 4.78 is 1.88. The Bertz CT molecular complexity index is 1870. The first kappa shape index (κ1) is 28.0. The van der Waals surface area contributed by atoms with E-state index in [4.69, 9.17) is 0 Å². The highest BCUT2D eigenvalue weighted by Gasteiger charge is 2.36. The Morgan fingerprint density at radius 1 is 1.16 bits per heavy atom. The lowest BCUT2D eigenvalue weighted by molar-refractivity contribution is -0.126.